The number of hydrogen-bond donors (Lipinski definition) is 0. The topological polar surface area (TPSA) is 75.3 Å². The van der Waals surface area contributed by atoms with E-state index in [1.54, 1.807) is 18.7 Å². The Morgan fingerprint density at radius 2 is 1.88 bits per heavy atom. The van der Waals surface area contributed by atoms with Gasteiger partial charge in [0.2, 0.25) is 5.95 Å². The van der Waals surface area contributed by atoms with Crippen LogP contribution in [0, 0.1) is 6.92 Å². The Morgan fingerprint density at radius 1 is 1.16 bits per heavy atom. The first-order valence-electron chi connectivity index (χ1n) is 8.24. The van der Waals surface area contributed by atoms with E-state index in [1.807, 2.05) is 11.4 Å². The number of hydrogen-bond acceptors (Lipinski definition) is 7. The van der Waals surface area contributed by atoms with E-state index in [2.05, 4.69) is 63.9 Å². The van der Waals surface area contributed by atoms with E-state index in [1.165, 1.54) is 0 Å². The van der Waals surface area contributed by atoms with E-state index >= 15 is 0 Å². The monoisotopic (exact) mass is 402 g/mol. The van der Waals surface area contributed by atoms with Gasteiger partial charge in [-0.2, -0.15) is 14.6 Å². The Bertz CT molecular complexity index is 869. The summed E-state index contributed by atoms with van der Waals surface area (Å²) < 4.78 is 2.71. The fraction of sp³-hybridized carbons (Fsp3) is 0.438. The van der Waals surface area contributed by atoms with Gasteiger partial charge in [-0.1, -0.05) is 0 Å². The van der Waals surface area contributed by atoms with Crippen LogP contribution >= 0.6 is 15.9 Å². The van der Waals surface area contributed by atoms with Gasteiger partial charge >= 0.3 is 0 Å². The molecule has 0 spiro atoms. The van der Waals surface area contributed by atoms with Crippen molar-refractivity contribution in [2.45, 2.75) is 25.8 Å². The number of aromatic nitrogens is 6. The summed E-state index contributed by atoms with van der Waals surface area (Å²) in [5.74, 6) is 2.47. The number of aryl methyl sites for hydroxylation is 1. The molecule has 1 aliphatic heterocycles. The Morgan fingerprint density at radius 3 is 2.60 bits per heavy atom. The van der Waals surface area contributed by atoms with Gasteiger partial charge in [0.05, 0.1) is 4.47 Å². The van der Waals surface area contributed by atoms with Crippen LogP contribution in [0.25, 0.3) is 5.78 Å². The van der Waals surface area contributed by atoms with E-state index in [0.29, 0.717) is 11.8 Å². The first kappa shape index (κ1) is 16.2. The second-order valence-electron chi connectivity index (χ2n) is 6.26. The SMILES string of the molecule is Cc1cc(N2CCC(N(C)c3ncc(Br)cn3)CC2)n2ncnc2n1. The van der Waals surface area contributed by atoms with Crippen molar-refractivity contribution in [3.63, 3.8) is 0 Å². The molecule has 3 aromatic heterocycles. The highest BCUT2D eigenvalue weighted by atomic mass is 79.9. The predicted octanol–water partition coefficient (Wildman–Crippen LogP) is 2.09. The molecule has 0 saturated carbocycles. The van der Waals surface area contributed by atoms with Crippen LogP contribution in [0.2, 0.25) is 0 Å². The third kappa shape index (κ3) is 3.15. The zero-order valence-electron chi connectivity index (χ0n) is 14.2. The molecule has 0 aromatic carbocycles. The number of nitrogens with zero attached hydrogens (tertiary/aromatic N) is 8. The van der Waals surface area contributed by atoms with Crippen LogP contribution in [-0.2, 0) is 0 Å². The lowest BCUT2D eigenvalue weighted by molar-refractivity contribution is 0.473. The molecule has 0 N–H and O–H groups in total. The van der Waals surface area contributed by atoms with Crippen molar-refractivity contribution in [2.75, 3.05) is 29.9 Å². The molecule has 25 heavy (non-hydrogen) atoms. The Kier molecular flexibility index (Phi) is 4.24. The highest BCUT2D eigenvalue weighted by Crippen LogP contribution is 2.24. The fourth-order valence-corrected chi connectivity index (χ4v) is 3.47. The van der Waals surface area contributed by atoms with Gasteiger partial charge in [0.25, 0.3) is 5.78 Å². The van der Waals surface area contributed by atoms with Gasteiger partial charge in [0.1, 0.15) is 12.1 Å². The molecular weight excluding hydrogens is 384 g/mol. The number of halogens is 1. The lowest BCUT2D eigenvalue weighted by Crippen LogP contribution is -2.44. The molecule has 4 heterocycles. The summed E-state index contributed by atoms with van der Waals surface area (Å²) in [7, 11) is 2.07. The average Bonchev–Trinajstić information content (AvgIpc) is 3.09. The standard InChI is InChI=1S/C16H19BrN8/c1-11-7-14(25-16(22-11)20-10-21-25)24-5-3-13(4-6-24)23(2)15-18-8-12(17)9-19-15/h7-10,13H,3-6H2,1-2H3. The largest absolute Gasteiger partial charge is 0.356 e. The normalized spacial score (nSPS) is 15.7. The van der Waals surface area contributed by atoms with Gasteiger partial charge in [-0.3, -0.25) is 0 Å². The molecule has 0 unspecified atom stereocenters. The van der Waals surface area contributed by atoms with E-state index in [0.717, 1.165) is 47.9 Å². The maximum atomic E-state index is 4.42. The van der Waals surface area contributed by atoms with Gasteiger partial charge in [-0.05, 0) is 35.7 Å². The molecular formula is C16H19BrN8. The zero-order valence-corrected chi connectivity index (χ0v) is 15.8. The summed E-state index contributed by atoms with van der Waals surface area (Å²) >= 11 is 3.38. The van der Waals surface area contributed by atoms with Gasteiger partial charge in [0.15, 0.2) is 0 Å². The van der Waals surface area contributed by atoms with Crippen molar-refractivity contribution in [3.05, 3.63) is 35.0 Å². The van der Waals surface area contributed by atoms with Crippen LogP contribution in [0.5, 0.6) is 0 Å². The molecule has 1 aliphatic rings. The molecule has 1 saturated heterocycles. The van der Waals surface area contributed by atoms with E-state index in [9.17, 15) is 0 Å². The van der Waals surface area contributed by atoms with Crippen LogP contribution in [0.15, 0.2) is 29.3 Å². The minimum atomic E-state index is 0.423. The molecule has 8 nitrogen and oxygen atoms in total. The molecule has 0 aliphatic carbocycles. The van der Waals surface area contributed by atoms with E-state index in [-0.39, 0.29) is 0 Å². The van der Waals surface area contributed by atoms with Crippen molar-refractivity contribution in [3.8, 4) is 0 Å². The zero-order chi connectivity index (χ0) is 17.4. The van der Waals surface area contributed by atoms with Crippen molar-refractivity contribution in [1.82, 2.24) is 29.5 Å². The van der Waals surface area contributed by atoms with Gasteiger partial charge < -0.3 is 9.80 Å². The van der Waals surface area contributed by atoms with Crippen molar-refractivity contribution in [2.24, 2.45) is 0 Å². The molecule has 0 amide bonds. The number of anilines is 2. The number of fused-ring (bicyclic) bond motifs is 1. The van der Waals surface area contributed by atoms with E-state index in [4.69, 9.17) is 0 Å². The Hall–Kier alpha value is -2.29. The highest BCUT2D eigenvalue weighted by Gasteiger charge is 2.25. The third-order valence-electron chi connectivity index (χ3n) is 4.62. The average molecular weight is 403 g/mol. The summed E-state index contributed by atoms with van der Waals surface area (Å²) in [6.45, 7) is 3.89. The number of rotatable bonds is 3. The summed E-state index contributed by atoms with van der Waals surface area (Å²) in [4.78, 5) is 21.9. The quantitative estimate of drug-likeness (QED) is 0.663. The molecule has 0 atom stereocenters. The molecule has 4 rings (SSSR count). The Labute approximate surface area is 154 Å². The first-order valence-corrected chi connectivity index (χ1v) is 9.04. The lowest BCUT2D eigenvalue weighted by Gasteiger charge is -2.37. The van der Waals surface area contributed by atoms with E-state index < -0.39 is 0 Å². The van der Waals surface area contributed by atoms with Crippen LogP contribution in [0.1, 0.15) is 18.5 Å². The van der Waals surface area contributed by atoms with Crippen LogP contribution in [0.4, 0.5) is 11.8 Å². The summed E-state index contributed by atoms with van der Waals surface area (Å²) in [5, 5.41) is 4.31. The maximum Gasteiger partial charge on any atom is 0.254 e. The minimum Gasteiger partial charge on any atom is -0.356 e. The first-order chi connectivity index (χ1) is 12.1. The third-order valence-corrected chi connectivity index (χ3v) is 5.03. The van der Waals surface area contributed by atoms with Gasteiger partial charge in [-0.15, -0.1) is 0 Å². The molecule has 3 aromatic rings. The molecule has 0 radical (unpaired) electrons. The van der Waals surface area contributed by atoms with Crippen LogP contribution in [0.3, 0.4) is 0 Å². The van der Waals surface area contributed by atoms with Crippen LogP contribution in [-0.4, -0.2) is 55.7 Å². The minimum absolute atomic E-state index is 0.423. The second kappa shape index (κ2) is 6.55. The molecule has 130 valence electrons. The summed E-state index contributed by atoms with van der Waals surface area (Å²) in [6, 6.07) is 2.50. The number of piperidine rings is 1. The second-order valence-corrected chi connectivity index (χ2v) is 7.17. The van der Waals surface area contributed by atoms with Crippen molar-refractivity contribution in [1.29, 1.82) is 0 Å². The molecule has 1 fully saturated rings. The van der Waals surface area contributed by atoms with Crippen molar-refractivity contribution >= 4 is 33.5 Å². The smallest absolute Gasteiger partial charge is 0.254 e. The van der Waals surface area contributed by atoms with Crippen molar-refractivity contribution < 1.29 is 0 Å². The lowest BCUT2D eigenvalue weighted by atomic mass is 10.0. The molecule has 9 heteroatoms. The van der Waals surface area contributed by atoms with Gasteiger partial charge in [0, 0.05) is 50.3 Å². The maximum absolute atomic E-state index is 4.42. The van der Waals surface area contributed by atoms with Gasteiger partial charge in [-0.25, -0.2) is 15.0 Å². The summed E-state index contributed by atoms with van der Waals surface area (Å²) in [5.41, 5.74) is 0.956. The predicted molar refractivity (Wildman–Crippen MR) is 98.9 cm³/mol. The fourth-order valence-electron chi connectivity index (χ4n) is 3.27. The van der Waals surface area contributed by atoms with Crippen LogP contribution < -0.4 is 9.80 Å². The molecule has 0 bridgehead atoms. The summed E-state index contributed by atoms with van der Waals surface area (Å²) in [6.07, 6.45) is 7.20. The Balaban J connectivity index is 1.49. The highest BCUT2D eigenvalue weighted by molar-refractivity contribution is 9.10.